The van der Waals surface area contributed by atoms with Crippen LogP contribution in [0.4, 0.5) is 17.1 Å². The molecule has 0 N–H and O–H groups in total. The van der Waals surface area contributed by atoms with Crippen molar-refractivity contribution in [2.45, 2.75) is 11.8 Å². The smallest absolute Gasteiger partial charge is 0.0731 e. The first-order chi connectivity index (χ1) is 31.3. The second-order valence-electron chi connectivity index (χ2n) is 17.1. The van der Waals surface area contributed by atoms with E-state index >= 15 is 0 Å². The molecule has 0 saturated heterocycles. The van der Waals surface area contributed by atoms with E-state index in [0.717, 1.165) is 23.5 Å². The van der Waals surface area contributed by atoms with Crippen LogP contribution in [0.3, 0.4) is 0 Å². The van der Waals surface area contributed by atoms with E-state index < -0.39 is 5.41 Å². The van der Waals surface area contributed by atoms with Crippen LogP contribution < -0.4 is 4.90 Å². The van der Waals surface area contributed by atoms with E-state index in [9.17, 15) is 0 Å². The minimum atomic E-state index is -0.478. The van der Waals surface area contributed by atoms with Crippen LogP contribution in [0.5, 0.6) is 0 Å². The van der Waals surface area contributed by atoms with Crippen molar-refractivity contribution in [1.29, 1.82) is 0 Å². The second kappa shape index (κ2) is 14.0. The Labute approximate surface area is 368 Å². The largest absolute Gasteiger partial charge is 0.310 e. The zero-order chi connectivity index (χ0) is 41.5. The van der Waals surface area contributed by atoms with Gasteiger partial charge >= 0.3 is 0 Å². The number of hydrogen-bond donors (Lipinski definition) is 0. The first-order valence-electron chi connectivity index (χ1n) is 22.1. The molecule has 1 nitrogen and oxygen atoms in total. The molecule has 0 aliphatic heterocycles. The Morgan fingerprint density at radius 1 is 0.302 bits per heavy atom. The highest BCUT2D eigenvalue weighted by Crippen LogP contribution is 2.66. The molecule has 0 heterocycles. The lowest BCUT2D eigenvalue weighted by atomic mass is 9.68. The van der Waals surface area contributed by atoms with Crippen LogP contribution in [-0.4, -0.2) is 0 Å². The summed E-state index contributed by atoms with van der Waals surface area (Å²) < 4.78 is 0. The van der Waals surface area contributed by atoms with E-state index in [2.05, 4.69) is 241 Å². The van der Waals surface area contributed by atoms with Gasteiger partial charge in [0.25, 0.3) is 0 Å². The number of benzene rings is 10. The summed E-state index contributed by atoms with van der Waals surface area (Å²) in [7, 11) is 0. The molecular weight excluding hydrogens is 759 g/mol. The summed E-state index contributed by atoms with van der Waals surface area (Å²) in [5.41, 5.74) is 26.6. The Kier molecular flexibility index (Phi) is 7.95. The third-order valence-electron chi connectivity index (χ3n) is 13.9. The van der Waals surface area contributed by atoms with Gasteiger partial charge in [-0.1, -0.05) is 200 Å². The highest BCUT2D eigenvalue weighted by Gasteiger charge is 2.53. The van der Waals surface area contributed by atoms with Gasteiger partial charge in [-0.15, -0.1) is 0 Å². The lowest BCUT2D eigenvalue weighted by molar-refractivity contribution is 0.795. The predicted octanol–water partition coefficient (Wildman–Crippen LogP) is 16.1. The molecule has 0 fully saturated rings. The number of nitrogens with zero attached hydrogens (tertiary/aromatic N) is 1. The fraction of sp³-hybridized carbons (Fsp3) is 0.0323. The Bertz CT molecular complexity index is 3320. The quantitative estimate of drug-likeness (QED) is 0.162. The van der Waals surface area contributed by atoms with Crippen LogP contribution in [0.25, 0.3) is 66.8 Å². The average molecular weight is 800 g/mol. The molecular formula is C62H41N. The van der Waals surface area contributed by atoms with Gasteiger partial charge < -0.3 is 4.90 Å². The maximum absolute atomic E-state index is 2.47. The van der Waals surface area contributed by atoms with Crippen molar-refractivity contribution in [2.24, 2.45) is 0 Å². The summed E-state index contributed by atoms with van der Waals surface area (Å²) in [5, 5.41) is 0. The van der Waals surface area contributed by atoms with Crippen LogP contribution in [0, 0.1) is 0 Å². The second-order valence-corrected chi connectivity index (χ2v) is 17.1. The molecule has 1 unspecified atom stereocenters. The molecule has 0 amide bonds. The Morgan fingerprint density at radius 3 is 1.49 bits per heavy atom. The van der Waals surface area contributed by atoms with Crippen LogP contribution in [0.1, 0.15) is 33.4 Å². The van der Waals surface area contributed by atoms with Gasteiger partial charge in [0.15, 0.2) is 0 Å². The van der Waals surface area contributed by atoms with Crippen LogP contribution in [0.15, 0.2) is 237 Å². The molecule has 3 aliphatic carbocycles. The molecule has 294 valence electrons. The molecule has 13 rings (SSSR count). The maximum atomic E-state index is 2.47. The molecule has 3 aliphatic rings. The summed E-state index contributed by atoms with van der Waals surface area (Å²) in [6.45, 7) is 0. The van der Waals surface area contributed by atoms with Gasteiger partial charge in [0.1, 0.15) is 0 Å². The topological polar surface area (TPSA) is 3.24 Å². The number of rotatable bonds is 6. The summed E-state index contributed by atoms with van der Waals surface area (Å²) in [6.07, 6.45) is 0.950. The van der Waals surface area contributed by atoms with Crippen molar-refractivity contribution < 1.29 is 0 Å². The maximum Gasteiger partial charge on any atom is 0.0731 e. The highest BCUT2D eigenvalue weighted by molar-refractivity contribution is 6.01. The average Bonchev–Trinajstić information content (AvgIpc) is 3.99. The zero-order valence-corrected chi connectivity index (χ0v) is 34.7. The summed E-state index contributed by atoms with van der Waals surface area (Å²) >= 11 is 0. The van der Waals surface area contributed by atoms with E-state index in [1.165, 1.54) is 100 Å². The van der Waals surface area contributed by atoms with Crippen molar-refractivity contribution in [3.8, 4) is 66.8 Å². The minimum absolute atomic E-state index is 0.478. The monoisotopic (exact) mass is 799 g/mol. The van der Waals surface area contributed by atoms with E-state index in [0.29, 0.717) is 0 Å². The van der Waals surface area contributed by atoms with E-state index in [1.54, 1.807) is 0 Å². The lowest BCUT2D eigenvalue weighted by Gasteiger charge is -2.32. The highest BCUT2D eigenvalue weighted by atomic mass is 15.1. The van der Waals surface area contributed by atoms with Crippen molar-refractivity contribution in [3.05, 3.63) is 270 Å². The van der Waals surface area contributed by atoms with Crippen molar-refractivity contribution in [3.63, 3.8) is 0 Å². The van der Waals surface area contributed by atoms with Gasteiger partial charge in [-0.3, -0.25) is 0 Å². The lowest BCUT2D eigenvalue weighted by Crippen LogP contribution is -2.26. The zero-order valence-electron chi connectivity index (χ0n) is 34.7. The molecule has 1 heteroatoms. The molecule has 0 radical (unpaired) electrons. The molecule has 63 heavy (non-hydrogen) atoms. The fourth-order valence-corrected chi connectivity index (χ4v) is 11.3. The molecule has 0 bridgehead atoms. The third kappa shape index (κ3) is 5.30. The van der Waals surface area contributed by atoms with Gasteiger partial charge in [0, 0.05) is 17.1 Å². The Hall–Kier alpha value is -8.00. The standard InChI is InChI=1S/C62H41N/c1-3-15-41(16-4-1)43-29-33-47(34-30-43)63(48-35-31-44(32-36-48)42-17-5-2-6-18-42)49-21-13-20-45(39-49)51-25-14-26-54-53-23-9-11-27-57(53)62(61(51)54)58-28-12-10-24-55(58)60-56-40-46-19-7-8-22-50(46)52(56)37-38-59(60)62/h1-39H,40H2. The van der Waals surface area contributed by atoms with E-state index in [-0.39, 0.29) is 0 Å². The molecule has 0 aromatic heterocycles. The normalized spacial score (nSPS) is 14.7. The number of anilines is 3. The van der Waals surface area contributed by atoms with E-state index in [4.69, 9.17) is 0 Å². The third-order valence-corrected chi connectivity index (χ3v) is 13.9. The Balaban J connectivity index is 1.01. The SMILES string of the molecule is c1ccc(-c2ccc(N(c3ccc(-c4ccccc4)cc3)c3cccc(-c4cccc5c4C4(c6ccccc6-5)c5ccccc5-c5c4ccc4c5Cc5ccccc5-4)c3)cc2)cc1. The van der Waals surface area contributed by atoms with E-state index in [1.807, 2.05) is 0 Å². The minimum Gasteiger partial charge on any atom is -0.310 e. The van der Waals surface area contributed by atoms with Crippen molar-refractivity contribution >= 4 is 17.1 Å². The molecule has 1 atom stereocenters. The first kappa shape index (κ1) is 35.7. The Morgan fingerprint density at radius 2 is 0.810 bits per heavy atom. The summed E-state index contributed by atoms with van der Waals surface area (Å²) in [4.78, 5) is 2.40. The van der Waals surface area contributed by atoms with Crippen LogP contribution in [-0.2, 0) is 11.8 Å². The first-order valence-corrected chi connectivity index (χ1v) is 22.1. The molecule has 10 aromatic rings. The summed E-state index contributed by atoms with van der Waals surface area (Å²) in [6, 6.07) is 87.8. The van der Waals surface area contributed by atoms with Crippen LogP contribution >= 0.6 is 0 Å². The summed E-state index contributed by atoms with van der Waals surface area (Å²) in [5.74, 6) is 0. The number of fused-ring (bicyclic) bond motifs is 14. The van der Waals surface area contributed by atoms with Crippen molar-refractivity contribution in [1.82, 2.24) is 0 Å². The molecule has 0 saturated carbocycles. The number of hydrogen-bond acceptors (Lipinski definition) is 1. The van der Waals surface area contributed by atoms with Gasteiger partial charge in [-0.25, -0.2) is 0 Å². The fourth-order valence-electron chi connectivity index (χ4n) is 11.3. The van der Waals surface area contributed by atoms with Crippen molar-refractivity contribution in [2.75, 3.05) is 4.90 Å². The van der Waals surface area contributed by atoms with Gasteiger partial charge in [0.05, 0.1) is 5.41 Å². The predicted molar refractivity (Wildman–Crippen MR) is 262 cm³/mol. The van der Waals surface area contributed by atoms with Crippen LogP contribution in [0.2, 0.25) is 0 Å². The van der Waals surface area contributed by atoms with Gasteiger partial charge in [0.2, 0.25) is 0 Å². The van der Waals surface area contributed by atoms with Gasteiger partial charge in [-0.05, 0) is 143 Å². The molecule has 10 aromatic carbocycles. The van der Waals surface area contributed by atoms with Gasteiger partial charge in [-0.2, -0.15) is 0 Å². The molecule has 1 spiro atoms.